The van der Waals surface area contributed by atoms with E-state index in [2.05, 4.69) is 4.72 Å². The molecule has 26 heavy (non-hydrogen) atoms. The lowest BCUT2D eigenvalue weighted by Gasteiger charge is -2.16. The molecule has 0 aromatic heterocycles. The van der Waals surface area contributed by atoms with Gasteiger partial charge < -0.3 is 4.90 Å². The Labute approximate surface area is 148 Å². The summed E-state index contributed by atoms with van der Waals surface area (Å²) in [4.78, 5) is 23.0. The molecule has 1 saturated heterocycles. The first kappa shape index (κ1) is 17.8. The molecule has 0 aliphatic carbocycles. The fourth-order valence-electron chi connectivity index (χ4n) is 2.66. The number of nitro groups is 1. The number of sulfonamides is 1. The molecule has 10 heteroatoms. The first-order valence-corrected chi connectivity index (χ1v) is 9.13. The van der Waals surface area contributed by atoms with Gasteiger partial charge in [-0.3, -0.25) is 19.6 Å². The van der Waals surface area contributed by atoms with E-state index in [1.165, 1.54) is 24.3 Å². The van der Waals surface area contributed by atoms with Crippen LogP contribution in [0.15, 0.2) is 47.4 Å². The van der Waals surface area contributed by atoms with Crippen LogP contribution >= 0.6 is 0 Å². The molecule has 1 aliphatic rings. The number of nitro benzene ring substituents is 1. The standard InChI is InChI=1S/C16H14FN3O5S/c17-14-8-3-11(10-15(14)20(22)23)18-26(24,25)13-6-4-12(5-7-13)19-9-1-2-16(19)21/h3-8,10,18H,1-2,9H2. The molecule has 0 bridgehead atoms. The molecule has 0 saturated carbocycles. The lowest BCUT2D eigenvalue weighted by molar-refractivity contribution is -0.387. The summed E-state index contributed by atoms with van der Waals surface area (Å²) < 4.78 is 40.3. The second-order valence-corrected chi connectivity index (χ2v) is 7.35. The van der Waals surface area contributed by atoms with Crippen LogP contribution in [0.1, 0.15) is 12.8 Å². The van der Waals surface area contributed by atoms with Crippen LogP contribution in [0.25, 0.3) is 0 Å². The van der Waals surface area contributed by atoms with Crippen molar-refractivity contribution in [3.63, 3.8) is 0 Å². The van der Waals surface area contributed by atoms with E-state index < -0.39 is 26.5 Å². The Balaban J connectivity index is 1.83. The lowest BCUT2D eigenvalue weighted by Crippen LogP contribution is -2.23. The third-order valence-corrected chi connectivity index (χ3v) is 5.32. The van der Waals surface area contributed by atoms with Gasteiger partial charge in [0.15, 0.2) is 0 Å². The van der Waals surface area contributed by atoms with Crippen molar-refractivity contribution in [1.29, 1.82) is 0 Å². The van der Waals surface area contributed by atoms with E-state index in [-0.39, 0.29) is 16.5 Å². The number of carbonyl (C=O) groups is 1. The van der Waals surface area contributed by atoms with E-state index in [1.807, 2.05) is 0 Å². The quantitative estimate of drug-likeness (QED) is 0.634. The lowest BCUT2D eigenvalue weighted by atomic mass is 10.3. The van der Waals surface area contributed by atoms with Gasteiger partial charge in [-0.05, 0) is 42.8 Å². The molecule has 136 valence electrons. The second kappa shape index (κ2) is 6.71. The van der Waals surface area contributed by atoms with E-state index in [0.29, 0.717) is 18.7 Å². The summed E-state index contributed by atoms with van der Waals surface area (Å²) in [6.07, 6.45) is 1.22. The molecule has 1 amide bonds. The van der Waals surface area contributed by atoms with Gasteiger partial charge in [0.05, 0.1) is 15.5 Å². The predicted octanol–water partition coefficient (Wildman–Crippen LogP) is 2.66. The van der Waals surface area contributed by atoms with Gasteiger partial charge in [0.2, 0.25) is 11.7 Å². The number of nitrogens with zero attached hydrogens (tertiary/aromatic N) is 2. The molecular weight excluding hydrogens is 365 g/mol. The highest BCUT2D eigenvalue weighted by atomic mass is 32.2. The van der Waals surface area contributed by atoms with Crippen molar-refractivity contribution in [3.05, 3.63) is 58.4 Å². The van der Waals surface area contributed by atoms with Crippen LogP contribution in [-0.4, -0.2) is 25.8 Å². The maximum Gasteiger partial charge on any atom is 0.306 e. The Bertz CT molecular complexity index is 976. The molecule has 0 spiro atoms. The van der Waals surface area contributed by atoms with Crippen LogP contribution in [0.3, 0.4) is 0 Å². The first-order valence-electron chi connectivity index (χ1n) is 7.65. The summed E-state index contributed by atoms with van der Waals surface area (Å²) in [7, 11) is -4.02. The summed E-state index contributed by atoms with van der Waals surface area (Å²) in [5.41, 5.74) is -0.353. The van der Waals surface area contributed by atoms with Gasteiger partial charge in [-0.1, -0.05) is 0 Å². The van der Waals surface area contributed by atoms with Crippen molar-refractivity contribution in [2.75, 3.05) is 16.2 Å². The van der Waals surface area contributed by atoms with Crippen molar-refractivity contribution < 1.29 is 22.5 Å². The SMILES string of the molecule is O=C1CCCN1c1ccc(S(=O)(=O)Nc2ccc(F)c([N+](=O)[O-])c2)cc1. The van der Waals surface area contributed by atoms with E-state index in [1.54, 1.807) is 4.90 Å². The van der Waals surface area contributed by atoms with Crippen LogP contribution in [0, 0.1) is 15.9 Å². The summed E-state index contributed by atoms with van der Waals surface area (Å²) in [5.74, 6) is -1.07. The molecule has 2 aromatic carbocycles. The highest BCUT2D eigenvalue weighted by molar-refractivity contribution is 7.92. The van der Waals surface area contributed by atoms with Gasteiger partial charge in [-0.25, -0.2) is 8.42 Å². The Morgan fingerprint density at radius 1 is 1.15 bits per heavy atom. The highest BCUT2D eigenvalue weighted by Gasteiger charge is 2.23. The van der Waals surface area contributed by atoms with Crippen molar-refractivity contribution in [2.45, 2.75) is 17.7 Å². The monoisotopic (exact) mass is 379 g/mol. The maximum atomic E-state index is 13.3. The average molecular weight is 379 g/mol. The topological polar surface area (TPSA) is 110 Å². The molecular formula is C16H14FN3O5S. The molecule has 8 nitrogen and oxygen atoms in total. The predicted molar refractivity (Wildman–Crippen MR) is 91.9 cm³/mol. The zero-order valence-electron chi connectivity index (χ0n) is 13.4. The van der Waals surface area contributed by atoms with E-state index in [0.717, 1.165) is 24.6 Å². The Morgan fingerprint density at radius 2 is 1.85 bits per heavy atom. The van der Waals surface area contributed by atoms with Crippen molar-refractivity contribution in [1.82, 2.24) is 0 Å². The molecule has 1 N–H and O–H groups in total. The number of anilines is 2. The number of carbonyl (C=O) groups excluding carboxylic acids is 1. The number of rotatable bonds is 5. The zero-order valence-corrected chi connectivity index (χ0v) is 14.2. The number of hydrogen-bond donors (Lipinski definition) is 1. The fourth-order valence-corrected chi connectivity index (χ4v) is 3.71. The minimum Gasteiger partial charge on any atom is -0.312 e. The summed E-state index contributed by atoms with van der Waals surface area (Å²) in [6.45, 7) is 0.586. The maximum absolute atomic E-state index is 13.3. The van der Waals surface area contributed by atoms with E-state index >= 15 is 0 Å². The van der Waals surface area contributed by atoms with E-state index in [9.17, 15) is 27.7 Å². The van der Waals surface area contributed by atoms with Gasteiger partial charge in [0.25, 0.3) is 10.0 Å². The van der Waals surface area contributed by atoms with Gasteiger partial charge in [0, 0.05) is 24.7 Å². The van der Waals surface area contributed by atoms with Crippen molar-refractivity contribution in [3.8, 4) is 0 Å². The number of nitrogens with one attached hydrogen (secondary N) is 1. The Morgan fingerprint density at radius 3 is 2.42 bits per heavy atom. The second-order valence-electron chi connectivity index (χ2n) is 5.67. The molecule has 3 rings (SSSR count). The third kappa shape index (κ3) is 3.49. The normalized spacial score (nSPS) is 14.5. The van der Waals surface area contributed by atoms with Gasteiger partial charge in [-0.2, -0.15) is 4.39 Å². The molecule has 1 aliphatic heterocycles. The van der Waals surface area contributed by atoms with Gasteiger partial charge in [0.1, 0.15) is 0 Å². The molecule has 1 fully saturated rings. The molecule has 0 atom stereocenters. The summed E-state index contributed by atoms with van der Waals surface area (Å²) >= 11 is 0. The minimum absolute atomic E-state index is 0.0163. The van der Waals surface area contributed by atoms with Crippen LogP contribution in [0.5, 0.6) is 0 Å². The van der Waals surface area contributed by atoms with E-state index in [4.69, 9.17) is 0 Å². The highest BCUT2D eigenvalue weighted by Crippen LogP contribution is 2.26. The Hall–Kier alpha value is -3.01. The largest absolute Gasteiger partial charge is 0.312 e. The molecule has 0 radical (unpaired) electrons. The van der Waals surface area contributed by atoms with Crippen molar-refractivity contribution in [2.24, 2.45) is 0 Å². The third-order valence-electron chi connectivity index (χ3n) is 3.93. The van der Waals surface area contributed by atoms with Gasteiger partial charge >= 0.3 is 5.69 Å². The van der Waals surface area contributed by atoms with Crippen LogP contribution in [0.4, 0.5) is 21.5 Å². The molecule has 1 heterocycles. The Kier molecular flexibility index (Phi) is 4.60. The van der Waals surface area contributed by atoms with Crippen molar-refractivity contribution >= 4 is 33.0 Å². The summed E-state index contributed by atoms with van der Waals surface area (Å²) in [6, 6.07) is 8.43. The van der Waals surface area contributed by atoms with Crippen LogP contribution in [-0.2, 0) is 14.8 Å². The van der Waals surface area contributed by atoms with Gasteiger partial charge in [-0.15, -0.1) is 0 Å². The fraction of sp³-hybridized carbons (Fsp3) is 0.188. The number of amides is 1. The smallest absolute Gasteiger partial charge is 0.306 e. The molecule has 0 unspecified atom stereocenters. The number of benzene rings is 2. The van der Waals surface area contributed by atoms with Crippen LogP contribution in [0.2, 0.25) is 0 Å². The molecule has 2 aromatic rings. The average Bonchev–Trinajstić information content (AvgIpc) is 3.02. The minimum atomic E-state index is -4.02. The first-order chi connectivity index (χ1) is 12.3. The van der Waals surface area contributed by atoms with Crippen LogP contribution < -0.4 is 9.62 Å². The number of halogens is 1. The summed E-state index contributed by atoms with van der Waals surface area (Å²) in [5, 5.41) is 10.8. The zero-order chi connectivity index (χ0) is 18.9. The number of hydrogen-bond acceptors (Lipinski definition) is 5.